The summed E-state index contributed by atoms with van der Waals surface area (Å²) < 4.78 is 13.9. The maximum Gasteiger partial charge on any atom is 0.220 e. The minimum atomic E-state index is -0.319. The lowest BCUT2D eigenvalue weighted by Gasteiger charge is -2.07. The summed E-state index contributed by atoms with van der Waals surface area (Å²) in [5.74, 6) is -0.403. The molecule has 0 atom stereocenters. The van der Waals surface area contributed by atoms with Gasteiger partial charge < -0.3 is 10.6 Å². The largest absolute Gasteiger partial charge is 0.356 e. The Morgan fingerprint density at radius 3 is 2.67 bits per heavy atom. The van der Waals surface area contributed by atoms with Crippen LogP contribution in [0.15, 0.2) is 22.7 Å². The van der Waals surface area contributed by atoms with Crippen molar-refractivity contribution < 1.29 is 14.0 Å². The molecule has 1 aromatic carbocycles. The summed E-state index contributed by atoms with van der Waals surface area (Å²) in [5.41, 5.74) is 0.717. The normalized spacial score (nSPS) is 10.2. The molecule has 0 aliphatic heterocycles. The number of nitrogens with one attached hydrogen (secondary N) is 2. The third-order valence-electron chi connectivity index (χ3n) is 2.94. The summed E-state index contributed by atoms with van der Waals surface area (Å²) in [6.45, 7) is 2.44. The molecule has 0 aliphatic rings. The van der Waals surface area contributed by atoms with E-state index in [1.807, 2.05) is 0 Å². The summed E-state index contributed by atoms with van der Waals surface area (Å²) in [5, 5.41) is 5.48. The third-order valence-corrected chi connectivity index (χ3v) is 3.71. The van der Waals surface area contributed by atoms with E-state index >= 15 is 0 Å². The van der Waals surface area contributed by atoms with Crippen LogP contribution >= 0.6 is 15.9 Å². The zero-order valence-electron chi connectivity index (χ0n) is 12.0. The smallest absolute Gasteiger partial charge is 0.220 e. The molecule has 0 unspecified atom stereocenters. The molecular formula is C15H20BrFN2O2. The van der Waals surface area contributed by atoms with E-state index in [-0.39, 0.29) is 17.6 Å². The monoisotopic (exact) mass is 358 g/mol. The summed E-state index contributed by atoms with van der Waals surface area (Å²) in [7, 11) is 0. The number of unbranched alkanes of at least 4 members (excludes halogenated alkanes) is 2. The number of halogens is 2. The van der Waals surface area contributed by atoms with Crippen LogP contribution in [0.3, 0.4) is 0 Å². The van der Waals surface area contributed by atoms with Crippen molar-refractivity contribution >= 4 is 27.7 Å². The van der Waals surface area contributed by atoms with Crippen LogP contribution in [0.2, 0.25) is 0 Å². The van der Waals surface area contributed by atoms with Gasteiger partial charge in [0.25, 0.3) is 0 Å². The molecule has 0 saturated heterocycles. The minimum Gasteiger partial charge on any atom is -0.356 e. The van der Waals surface area contributed by atoms with E-state index in [1.54, 1.807) is 6.07 Å². The van der Waals surface area contributed by atoms with Gasteiger partial charge in [-0.05, 0) is 36.6 Å². The molecular weight excluding hydrogens is 339 g/mol. The first-order valence-corrected chi connectivity index (χ1v) is 7.73. The van der Waals surface area contributed by atoms with Gasteiger partial charge in [0.15, 0.2) is 0 Å². The third kappa shape index (κ3) is 7.80. The van der Waals surface area contributed by atoms with Crippen LogP contribution in [0.4, 0.5) is 4.39 Å². The first-order valence-electron chi connectivity index (χ1n) is 6.94. The molecule has 2 amide bonds. The van der Waals surface area contributed by atoms with Gasteiger partial charge in [-0.25, -0.2) is 4.39 Å². The lowest BCUT2D eigenvalue weighted by molar-refractivity contribution is -0.121. The van der Waals surface area contributed by atoms with E-state index in [9.17, 15) is 14.0 Å². The number of hydrogen-bond donors (Lipinski definition) is 2. The molecule has 0 saturated carbocycles. The maximum absolute atomic E-state index is 13.1. The van der Waals surface area contributed by atoms with Gasteiger partial charge in [0.1, 0.15) is 5.82 Å². The lowest BCUT2D eigenvalue weighted by Crippen LogP contribution is -2.23. The predicted molar refractivity (Wildman–Crippen MR) is 83.1 cm³/mol. The van der Waals surface area contributed by atoms with E-state index in [0.29, 0.717) is 25.1 Å². The molecule has 2 N–H and O–H groups in total. The Labute approximate surface area is 132 Å². The Kier molecular flexibility index (Phi) is 7.97. The highest BCUT2D eigenvalue weighted by atomic mass is 79.9. The van der Waals surface area contributed by atoms with Crippen molar-refractivity contribution in [2.45, 2.75) is 39.2 Å². The number of carbonyl (C=O) groups excluding carboxylic acids is 2. The van der Waals surface area contributed by atoms with E-state index in [1.165, 1.54) is 19.1 Å². The van der Waals surface area contributed by atoms with Gasteiger partial charge >= 0.3 is 0 Å². The molecule has 0 aromatic heterocycles. The van der Waals surface area contributed by atoms with Crippen molar-refractivity contribution in [3.63, 3.8) is 0 Å². The zero-order chi connectivity index (χ0) is 15.7. The molecule has 6 heteroatoms. The number of benzene rings is 1. The molecule has 4 nitrogen and oxygen atoms in total. The molecule has 0 aliphatic carbocycles. The van der Waals surface area contributed by atoms with E-state index in [0.717, 1.165) is 23.7 Å². The Bertz CT molecular complexity index is 495. The fourth-order valence-corrected chi connectivity index (χ4v) is 2.20. The van der Waals surface area contributed by atoms with Gasteiger partial charge in [-0.2, -0.15) is 0 Å². The number of carbonyl (C=O) groups is 2. The van der Waals surface area contributed by atoms with Crippen molar-refractivity contribution in [2.75, 3.05) is 6.54 Å². The first kappa shape index (κ1) is 17.6. The summed E-state index contributed by atoms with van der Waals surface area (Å²) in [6.07, 6.45) is 2.96. The average molecular weight is 359 g/mol. The second kappa shape index (κ2) is 9.50. The molecule has 0 radical (unpaired) electrons. The SMILES string of the molecule is CC(=O)NCCCCCC(=O)NCc1cc(F)ccc1Br. The highest BCUT2D eigenvalue weighted by Crippen LogP contribution is 2.17. The van der Waals surface area contributed by atoms with Crippen molar-refractivity contribution in [1.29, 1.82) is 0 Å². The predicted octanol–water partition coefficient (Wildman–Crippen LogP) is 2.90. The highest BCUT2D eigenvalue weighted by Gasteiger charge is 2.05. The molecule has 0 heterocycles. The Balaban J connectivity index is 2.16. The average Bonchev–Trinajstić information content (AvgIpc) is 2.43. The van der Waals surface area contributed by atoms with Gasteiger partial charge in [0, 0.05) is 30.9 Å². The number of amides is 2. The number of rotatable bonds is 8. The molecule has 0 fully saturated rings. The first-order chi connectivity index (χ1) is 9.99. The Morgan fingerprint density at radius 1 is 1.19 bits per heavy atom. The number of hydrogen-bond acceptors (Lipinski definition) is 2. The molecule has 1 rings (SSSR count). The summed E-state index contributed by atoms with van der Waals surface area (Å²) >= 11 is 3.32. The van der Waals surface area contributed by atoms with E-state index in [2.05, 4.69) is 26.6 Å². The van der Waals surface area contributed by atoms with E-state index in [4.69, 9.17) is 0 Å². The van der Waals surface area contributed by atoms with E-state index < -0.39 is 0 Å². The molecule has 0 spiro atoms. The topological polar surface area (TPSA) is 58.2 Å². The Hall–Kier alpha value is -1.43. The maximum atomic E-state index is 13.1. The Morgan fingerprint density at radius 2 is 1.95 bits per heavy atom. The minimum absolute atomic E-state index is 0.0339. The molecule has 116 valence electrons. The van der Waals surface area contributed by atoms with Crippen molar-refractivity contribution in [2.24, 2.45) is 0 Å². The standard InChI is InChI=1S/C15H20BrFN2O2/c1-11(20)18-8-4-2-3-5-15(21)19-10-12-9-13(17)6-7-14(12)16/h6-7,9H,2-5,8,10H2,1H3,(H,18,20)(H,19,21). The molecule has 21 heavy (non-hydrogen) atoms. The highest BCUT2D eigenvalue weighted by molar-refractivity contribution is 9.10. The van der Waals surface area contributed by atoms with Crippen LogP contribution in [0.5, 0.6) is 0 Å². The van der Waals surface area contributed by atoms with Gasteiger partial charge in [-0.1, -0.05) is 22.4 Å². The van der Waals surface area contributed by atoms with Gasteiger partial charge in [0.05, 0.1) is 0 Å². The van der Waals surface area contributed by atoms with Gasteiger partial charge in [0.2, 0.25) is 11.8 Å². The van der Waals surface area contributed by atoms with Crippen LogP contribution in [0.25, 0.3) is 0 Å². The summed E-state index contributed by atoms with van der Waals surface area (Å²) in [4.78, 5) is 22.3. The quantitative estimate of drug-likeness (QED) is 0.702. The fraction of sp³-hybridized carbons (Fsp3) is 0.467. The lowest BCUT2D eigenvalue weighted by atomic mass is 10.1. The van der Waals surface area contributed by atoms with Crippen LogP contribution in [0, 0.1) is 5.82 Å². The zero-order valence-corrected chi connectivity index (χ0v) is 13.6. The van der Waals surface area contributed by atoms with Crippen molar-refractivity contribution in [3.8, 4) is 0 Å². The second-order valence-corrected chi connectivity index (χ2v) is 5.66. The van der Waals surface area contributed by atoms with Crippen LogP contribution in [0.1, 0.15) is 38.2 Å². The van der Waals surface area contributed by atoms with Crippen LogP contribution < -0.4 is 10.6 Å². The van der Waals surface area contributed by atoms with Crippen LogP contribution in [-0.2, 0) is 16.1 Å². The summed E-state index contributed by atoms with van der Waals surface area (Å²) in [6, 6.07) is 4.39. The van der Waals surface area contributed by atoms with Crippen molar-refractivity contribution in [3.05, 3.63) is 34.1 Å². The van der Waals surface area contributed by atoms with Gasteiger partial charge in [-0.3, -0.25) is 9.59 Å². The molecule has 1 aromatic rings. The fourth-order valence-electron chi connectivity index (χ4n) is 1.81. The second-order valence-electron chi connectivity index (χ2n) is 4.81. The van der Waals surface area contributed by atoms with Gasteiger partial charge in [-0.15, -0.1) is 0 Å². The van der Waals surface area contributed by atoms with Crippen molar-refractivity contribution in [1.82, 2.24) is 10.6 Å². The molecule has 0 bridgehead atoms. The van der Waals surface area contributed by atoms with Crippen LogP contribution in [-0.4, -0.2) is 18.4 Å².